The third-order valence-corrected chi connectivity index (χ3v) is 4.10. The summed E-state index contributed by atoms with van der Waals surface area (Å²) in [6.07, 6.45) is 6.02. The van der Waals surface area contributed by atoms with Crippen LogP contribution < -0.4 is 11.1 Å². The van der Waals surface area contributed by atoms with E-state index in [4.69, 9.17) is 10.5 Å². The number of nitrogens with zero attached hydrogens (tertiary/aromatic N) is 1. The van der Waals surface area contributed by atoms with Crippen LogP contribution in [0.3, 0.4) is 0 Å². The van der Waals surface area contributed by atoms with Crippen molar-refractivity contribution in [3.05, 3.63) is 29.6 Å². The van der Waals surface area contributed by atoms with Crippen LogP contribution in [0.15, 0.2) is 18.5 Å². The predicted octanol–water partition coefficient (Wildman–Crippen LogP) is 1.15. The maximum absolute atomic E-state index is 12.2. The average Bonchev–Trinajstić information content (AvgIpc) is 2.46. The Hall–Kier alpha value is -1.46. The number of aromatic nitrogens is 1. The molecular formula is C15H23N3O2. The largest absolute Gasteiger partial charge is 0.380 e. The van der Waals surface area contributed by atoms with Crippen molar-refractivity contribution in [2.24, 2.45) is 11.7 Å². The molecule has 5 nitrogen and oxygen atoms in total. The predicted molar refractivity (Wildman–Crippen MR) is 76.9 cm³/mol. The maximum Gasteiger partial charge on any atom is 0.223 e. The molecular weight excluding hydrogens is 254 g/mol. The molecule has 0 spiro atoms. The standard InChI is InChI=1S/C15H23N3O2/c1-10-8-17-6-5-12(10)9-18-15(19)11-3-4-14(20-2)13(16)7-11/h5-6,8,11,13-14H,3-4,7,9,16H2,1-2H3,(H,18,19)/t11-,13+,14+/m0/s1. The number of ether oxygens (including phenoxy) is 1. The molecule has 3 N–H and O–H groups in total. The zero-order valence-corrected chi connectivity index (χ0v) is 12.1. The molecule has 1 fully saturated rings. The van der Waals surface area contributed by atoms with Crippen molar-refractivity contribution in [2.75, 3.05) is 7.11 Å². The summed E-state index contributed by atoms with van der Waals surface area (Å²) in [4.78, 5) is 16.2. The first-order chi connectivity index (χ1) is 9.61. The fraction of sp³-hybridized carbons (Fsp3) is 0.600. The Morgan fingerprint density at radius 1 is 1.55 bits per heavy atom. The summed E-state index contributed by atoms with van der Waals surface area (Å²) in [7, 11) is 1.68. The number of aryl methyl sites for hydroxylation is 1. The molecule has 0 aromatic carbocycles. The number of carbonyl (C=O) groups is 1. The first-order valence-corrected chi connectivity index (χ1v) is 7.07. The molecule has 2 rings (SSSR count). The number of rotatable bonds is 4. The highest BCUT2D eigenvalue weighted by Crippen LogP contribution is 2.25. The number of methoxy groups -OCH3 is 1. The second-order valence-corrected chi connectivity index (χ2v) is 5.47. The third-order valence-electron chi connectivity index (χ3n) is 4.10. The summed E-state index contributed by atoms with van der Waals surface area (Å²) >= 11 is 0. The van der Waals surface area contributed by atoms with E-state index in [0.717, 1.165) is 24.0 Å². The summed E-state index contributed by atoms with van der Waals surface area (Å²) in [5, 5.41) is 3.00. The van der Waals surface area contributed by atoms with E-state index in [1.807, 2.05) is 13.0 Å². The molecule has 1 aliphatic rings. The molecule has 0 radical (unpaired) electrons. The molecule has 1 amide bonds. The van der Waals surface area contributed by atoms with Crippen LogP contribution in [0.25, 0.3) is 0 Å². The van der Waals surface area contributed by atoms with E-state index in [9.17, 15) is 4.79 Å². The van der Waals surface area contributed by atoms with Gasteiger partial charge in [-0.3, -0.25) is 9.78 Å². The molecule has 5 heteroatoms. The fourth-order valence-corrected chi connectivity index (χ4v) is 2.74. The summed E-state index contributed by atoms with van der Waals surface area (Å²) in [5.74, 6) is 0.0877. The Morgan fingerprint density at radius 2 is 2.35 bits per heavy atom. The number of hydrogen-bond acceptors (Lipinski definition) is 4. The lowest BCUT2D eigenvalue weighted by molar-refractivity contribution is -0.127. The number of carbonyl (C=O) groups excluding carboxylic acids is 1. The quantitative estimate of drug-likeness (QED) is 0.865. The molecule has 0 bridgehead atoms. The molecule has 0 unspecified atom stereocenters. The van der Waals surface area contributed by atoms with Gasteiger partial charge in [0.05, 0.1) is 6.10 Å². The van der Waals surface area contributed by atoms with Crippen LogP contribution in [-0.2, 0) is 16.1 Å². The lowest BCUT2D eigenvalue weighted by Gasteiger charge is -2.32. The molecule has 1 aromatic rings. The van der Waals surface area contributed by atoms with Crippen LogP contribution in [0.2, 0.25) is 0 Å². The average molecular weight is 277 g/mol. The van der Waals surface area contributed by atoms with Gasteiger partial charge in [0.15, 0.2) is 0 Å². The van der Waals surface area contributed by atoms with Gasteiger partial charge in [-0.05, 0) is 43.4 Å². The van der Waals surface area contributed by atoms with Crippen molar-refractivity contribution in [2.45, 2.75) is 44.9 Å². The number of hydrogen-bond donors (Lipinski definition) is 2. The van der Waals surface area contributed by atoms with Gasteiger partial charge in [0.1, 0.15) is 0 Å². The third kappa shape index (κ3) is 3.55. The Balaban J connectivity index is 1.85. The smallest absolute Gasteiger partial charge is 0.223 e. The minimum atomic E-state index is -0.0489. The van der Waals surface area contributed by atoms with Gasteiger partial charge >= 0.3 is 0 Å². The lowest BCUT2D eigenvalue weighted by atomic mass is 9.83. The van der Waals surface area contributed by atoms with Crippen molar-refractivity contribution in [3.8, 4) is 0 Å². The molecule has 1 aliphatic carbocycles. The van der Waals surface area contributed by atoms with Crippen LogP contribution in [-0.4, -0.2) is 30.1 Å². The fourth-order valence-electron chi connectivity index (χ4n) is 2.74. The Labute approximate surface area is 119 Å². The molecule has 1 saturated carbocycles. The van der Waals surface area contributed by atoms with E-state index >= 15 is 0 Å². The Bertz CT molecular complexity index is 464. The van der Waals surface area contributed by atoms with Gasteiger partial charge in [-0.15, -0.1) is 0 Å². The highest BCUT2D eigenvalue weighted by Gasteiger charge is 2.31. The highest BCUT2D eigenvalue weighted by atomic mass is 16.5. The van der Waals surface area contributed by atoms with Crippen molar-refractivity contribution < 1.29 is 9.53 Å². The minimum Gasteiger partial charge on any atom is -0.380 e. The highest BCUT2D eigenvalue weighted by molar-refractivity contribution is 5.78. The van der Waals surface area contributed by atoms with Crippen LogP contribution in [0, 0.1) is 12.8 Å². The SMILES string of the molecule is CO[C@@H]1CC[C@H](C(=O)NCc2ccncc2C)C[C@H]1N. The zero-order valence-electron chi connectivity index (χ0n) is 12.1. The zero-order chi connectivity index (χ0) is 14.5. The lowest BCUT2D eigenvalue weighted by Crippen LogP contribution is -2.45. The van der Waals surface area contributed by atoms with Crippen LogP contribution >= 0.6 is 0 Å². The summed E-state index contributed by atoms with van der Waals surface area (Å²) in [6.45, 7) is 2.54. The molecule has 1 aromatic heterocycles. The molecule has 1 heterocycles. The Kier molecular flexibility index (Phi) is 5.09. The number of amides is 1. The van der Waals surface area contributed by atoms with Gasteiger partial charge < -0.3 is 15.8 Å². The van der Waals surface area contributed by atoms with E-state index in [1.54, 1.807) is 19.5 Å². The minimum absolute atomic E-state index is 0.00135. The summed E-state index contributed by atoms with van der Waals surface area (Å²) in [5.41, 5.74) is 8.23. The van der Waals surface area contributed by atoms with Gasteiger partial charge in [-0.2, -0.15) is 0 Å². The van der Waals surface area contributed by atoms with Gasteiger partial charge in [-0.25, -0.2) is 0 Å². The van der Waals surface area contributed by atoms with Gasteiger partial charge in [0, 0.05) is 38.0 Å². The van der Waals surface area contributed by atoms with Crippen molar-refractivity contribution in [1.29, 1.82) is 0 Å². The second-order valence-electron chi connectivity index (χ2n) is 5.47. The maximum atomic E-state index is 12.2. The van der Waals surface area contributed by atoms with E-state index < -0.39 is 0 Å². The van der Waals surface area contributed by atoms with Gasteiger partial charge in [0.25, 0.3) is 0 Å². The first kappa shape index (κ1) is 14.9. The summed E-state index contributed by atoms with van der Waals surface area (Å²) < 4.78 is 5.31. The van der Waals surface area contributed by atoms with Crippen LogP contribution in [0.1, 0.15) is 30.4 Å². The van der Waals surface area contributed by atoms with E-state index in [0.29, 0.717) is 13.0 Å². The van der Waals surface area contributed by atoms with E-state index in [-0.39, 0.29) is 24.0 Å². The summed E-state index contributed by atoms with van der Waals surface area (Å²) in [6, 6.07) is 1.88. The van der Waals surface area contributed by atoms with E-state index in [1.165, 1.54) is 0 Å². The second kappa shape index (κ2) is 6.81. The van der Waals surface area contributed by atoms with Crippen LogP contribution in [0.5, 0.6) is 0 Å². The van der Waals surface area contributed by atoms with Crippen molar-refractivity contribution in [3.63, 3.8) is 0 Å². The van der Waals surface area contributed by atoms with E-state index in [2.05, 4.69) is 10.3 Å². The van der Waals surface area contributed by atoms with Crippen molar-refractivity contribution >= 4 is 5.91 Å². The van der Waals surface area contributed by atoms with Gasteiger partial charge in [-0.1, -0.05) is 0 Å². The Morgan fingerprint density at radius 3 is 3.00 bits per heavy atom. The molecule has 20 heavy (non-hydrogen) atoms. The molecule has 0 saturated heterocycles. The van der Waals surface area contributed by atoms with Gasteiger partial charge in [0.2, 0.25) is 5.91 Å². The monoisotopic (exact) mass is 277 g/mol. The topological polar surface area (TPSA) is 77.2 Å². The number of pyridine rings is 1. The van der Waals surface area contributed by atoms with Crippen LogP contribution in [0.4, 0.5) is 0 Å². The normalized spacial score (nSPS) is 26.2. The number of nitrogens with two attached hydrogens (primary N) is 1. The molecule has 3 atom stereocenters. The molecule has 110 valence electrons. The number of nitrogens with one attached hydrogen (secondary N) is 1. The van der Waals surface area contributed by atoms with Crippen molar-refractivity contribution in [1.82, 2.24) is 10.3 Å². The first-order valence-electron chi connectivity index (χ1n) is 7.07. The molecule has 0 aliphatic heterocycles.